The zero-order valence-corrected chi connectivity index (χ0v) is 10.6. The number of imidazole rings is 1. The molecular formula is C12H19N3O2. The summed E-state index contributed by atoms with van der Waals surface area (Å²) in [4.78, 5) is 21.2. The quantitative estimate of drug-likeness (QED) is 0.857. The molecule has 1 N–H and O–H groups in total. The average molecular weight is 237 g/mol. The van der Waals surface area contributed by atoms with Gasteiger partial charge in [0.1, 0.15) is 0 Å². The van der Waals surface area contributed by atoms with Gasteiger partial charge in [-0.15, -0.1) is 0 Å². The molecule has 0 spiro atoms. The van der Waals surface area contributed by atoms with E-state index < -0.39 is 0 Å². The minimum absolute atomic E-state index is 0.0176. The van der Waals surface area contributed by atoms with Gasteiger partial charge in [-0.25, -0.2) is 9.78 Å². The van der Waals surface area contributed by atoms with Crippen LogP contribution >= 0.6 is 0 Å². The van der Waals surface area contributed by atoms with Crippen LogP contribution < -0.4 is 0 Å². The third-order valence-electron chi connectivity index (χ3n) is 3.10. The van der Waals surface area contributed by atoms with Gasteiger partial charge in [-0.2, -0.15) is 0 Å². The van der Waals surface area contributed by atoms with Crippen molar-refractivity contribution in [3.8, 4) is 0 Å². The Bertz CT molecular complexity index is 400. The van der Waals surface area contributed by atoms with Gasteiger partial charge < -0.3 is 9.72 Å². The molecule has 0 saturated heterocycles. The molecule has 17 heavy (non-hydrogen) atoms. The van der Waals surface area contributed by atoms with Crippen molar-refractivity contribution in [3.63, 3.8) is 0 Å². The molecule has 5 nitrogen and oxygen atoms in total. The van der Waals surface area contributed by atoms with Crippen molar-refractivity contribution in [1.29, 1.82) is 0 Å². The van der Waals surface area contributed by atoms with Crippen LogP contribution in [0.3, 0.4) is 0 Å². The number of fused-ring (bicyclic) bond motifs is 1. The van der Waals surface area contributed by atoms with Crippen LogP contribution in [0.4, 0.5) is 4.79 Å². The Kier molecular flexibility index (Phi) is 3.36. The molecule has 1 amide bonds. The van der Waals surface area contributed by atoms with Crippen molar-refractivity contribution in [1.82, 2.24) is 14.9 Å². The number of aromatic nitrogens is 2. The fourth-order valence-corrected chi connectivity index (χ4v) is 2.39. The zero-order valence-electron chi connectivity index (χ0n) is 10.6. The number of hydrogen-bond acceptors (Lipinski definition) is 3. The molecule has 1 atom stereocenters. The molecule has 2 rings (SSSR count). The summed E-state index contributed by atoms with van der Waals surface area (Å²) in [5, 5.41) is 0. The van der Waals surface area contributed by atoms with Crippen LogP contribution in [0.15, 0.2) is 6.33 Å². The summed E-state index contributed by atoms with van der Waals surface area (Å²) >= 11 is 0. The van der Waals surface area contributed by atoms with Crippen LogP contribution in [0.1, 0.15) is 38.2 Å². The van der Waals surface area contributed by atoms with Crippen molar-refractivity contribution < 1.29 is 9.53 Å². The van der Waals surface area contributed by atoms with Crippen molar-refractivity contribution in [2.45, 2.75) is 33.2 Å². The molecule has 0 radical (unpaired) electrons. The van der Waals surface area contributed by atoms with Crippen LogP contribution in [-0.2, 0) is 11.2 Å². The monoisotopic (exact) mass is 237 g/mol. The van der Waals surface area contributed by atoms with Gasteiger partial charge >= 0.3 is 6.09 Å². The summed E-state index contributed by atoms with van der Waals surface area (Å²) < 4.78 is 5.10. The van der Waals surface area contributed by atoms with E-state index in [0.717, 1.165) is 17.8 Å². The van der Waals surface area contributed by atoms with Crippen LogP contribution in [0.5, 0.6) is 0 Å². The molecule has 1 unspecified atom stereocenters. The van der Waals surface area contributed by atoms with Gasteiger partial charge in [-0.05, 0) is 12.8 Å². The van der Waals surface area contributed by atoms with Crippen molar-refractivity contribution in [2.75, 3.05) is 13.2 Å². The maximum absolute atomic E-state index is 11.9. The third-order valence-corrected chi connectivity index (χ3v) is 3.10. The molecule has 5 heteroatoms. The lowest BCUT2D eigenvalue weighted by Crippen LogP contribution is -2.42. The molecule has 2 heterocycles. The van der Waals surface area contributed by atoms with E-state index in [9.17, 15) is 4.79 Å². The Morgan fingerprint density at radius 1 is 1.71 bits per heavy atom. The van der Waals surface area contributed by atoms with Gasteiger partial charge in [0.05, 0.1) is 24.7 Å². The maximum atomic E-state index is 11.9. The highest BCUT2D eigenvalue weighted by Gasteiger charge is 2.35. The minimum Gasteiger partial charge on any atom is -0.450 e. The lowest BCUT2D eigenvalue weighted by Gasteiger charge is -2.36. The summed E-state index contributed by atoms with van der Waals surface area (Å²) in [6, 6.07) is 0.0176. The number of nitrogens with zero attached hydrogens (tertiary/aromatic N) is 2. The highest BCUT2D eigenvalue weighted by molar-refractivity contribution is 5.68. The predicted octanol–water partition coefficient (Wildman–Crippen LogP) is 2.12. The van der Waals surface area contributed by atoms with Crippen LogP contribution in [-0.4, -0.2) is 34.1 Å². The van der Waals surface area contributed by atoms with E-state index in [2.05, 4.69) is 23.8 Å². The molecule has 0 aliphatic carbocycles. The first-order valence-electron chi connectivity index (χ1n) is 6.10. The number of amides is 1. The maximum Gasteiger partial charge on any atom is 0.410 e. The number of hydrogen-bond donors (Lipinski definition) is 1. The Morgan fingerprint density at radius 3 is 3.12 bits per heavy atom. The van der Waals surface area contributed by atoms with Crippen LogP contribution in [0, 0.1) is 5.92 Å². The fourth-order valence-electron chi connectivity index (χ4n) is 2.39. The largest absolute Gasteiger partial charge is 0.450 e. The fraction of sp³-hybridized carbons (Fsp3) is 0.667. The number of ether oxygens (including phenoxy) is 1. The number of nitrogens with one attached hydrogen (secondary N) is 1. The molecule has 0 aromatic carbocycles. The Morgan fingerprint density at radius 2 is 2.47 bits per heavy atom. The van der Waals surface area contributed by atoms with E-state index in [4.69, 9.17) is 4.74 Å². The number of H-pyrrole nitrogens is 1. The molecule has 1 aliphatic heterocycles. The first-order valence-corrected chi connectivity index (χ1v) is 6.10. The van der Waals surface area contributed by atoms with Gasteiger partial charge in [-0.3, -0.25) is 4.90 Å². The molecule has 0 saturated carbocycles. The Balaban J connectivity index is 2.27. The second-order valence-corrected chi connectivity index (χ2v) is 4.60. The summed E-state index contributed by atoms with van der Waals surface area (Å²) in [6.45, 7) is 7.12. The molecular weight excluding hydrogens is 218 g/mol. The second-order valence-electron chi connectivity index (χ2n) is 4.60. The molecule has 1 aliphatic rings. The van der Waals surface area contributed by atoms with Gasteiger partial charge in [0, 0.05) is 18.7 Å². The van der Waals surface area contributed by atoms with Gasteiger partial charge in [0.15, 0.2) is 0 Å². The zero-order chi connectivity index (χ0) is 12.4. The molecule has 94 valence electrons. The van der Waals surface area contributed by atoms with E-state index in [-0.39, 0.29) is 12.1 Å². The number of carbonyl (C=O) groups is 1. The highest BCUT2D eigenvalue weighted by atomic mass is 16.6. The lowest BCUT2D eigenvalue weighted by molar-refractivity contribution is 0.0737. The summed E-state index contributed by atoms with van der Waals surface area (Å²) in [5.41, 5.74) is 2.13. The number of aromatic amines is 1. The Labute approximate surface area is 101 Å². The van der Waals surface area contributed by atoms with E-state index >= 15 is 0 Å². The number of rotatable bonds is 2. The van der Waals surface area contributed by atoms with E-state index in [0.29, 0.717) is 19.1 Å². The SMILES string of the molecule is CCOC(=O)N1CCc2[nH]cnc2C1C(C)C. The first-order chi connectivity index (χ1) is 8.15. The lowest BCUT2D eigenvalue weighted by atomic mass is 9.94. The third kappa shape index (κ3) is 2.14. The number of carbonyl (C=O) groups excluding carboxylic acids is 1. The van der Waals surface area contributed by atoms with Gasteiger partial charge in [0.25, 0.3) is 0 Å². The molecule has 1 aromatic heterocycles. The van der Waals surface area contributed by atoms with Gasteiger partial charge in [-0.1, -0.05) is 13.8 Å². The van der Waals surface area contributed by atoms with Crippen molar-refractivity contribution in [3.05, 3.63) is 17.7 Å². The standard InChI is InChI=1S/C12H19N3O2/c1-4-17-12(16)15-6-5-9-10(14-7-13-9)11(15)8(2)3/h7-8,11H,4-6H2,1-3H3,(H,13,14). The highest BCUT2D eigenvalue weighted by Crippen LogP contribution is 2.33. The van der Waals surface area contributed by atoms with Crippen LogP contribution in [0.2, 0.25) is 0 Å². The van der Waals surface area contributed by atoms with Gasteiger partial charge in [0.2, 0.25) is 0 Å². The molecule has 1 aromatic rings. The summed E-state index contributed by atoms with van der Waals surface area (Å²) in [6.07, 6.45) is 2.28. The molecule has 0 fully saturated rings. The minimum atomic E-state index is -0.236. The van der Waals surface area contributed by atoms with Crippen molar-refractivity contribution >= 4 is 6.09 Å². The topological polar surface area (TPSA) is 58.2 Å². The Hall–Kier alpha value is -1.52. The van der Waals surface area contributed by atoms with Crippen molar-refractivity contribution in [2.24, 2.45) is 5.92 Å². The van der Waals surface area contributed by atoms with E-state index in [1.807, 2.05) is 6.92 Å². The van der Waals surface area contributed by atoms with E-state index in [1.54, 1.807) is 11.2 Å². The summed E-state index contributed by atoms with van der Waals surface area (Å²) in [7, 11) is 0. The normalized spacial score (nSPS) is 19.3. The summed E-state index contributed by atoms with van der Waals surface area (Å²) in [5.74, 6) is 0.321. The predicted molar refractivity (Wildman–Crippen MR) is 63.6 cm³/mol. The first kappa shape index (κ1) is 12.0. The average Bonchev–Trinajstić information content (AvgIpc) is 2.75. The second kappa shape index (κ2) is 4.77. The molecule has 0 bridgehead atoms. The van der Waals surface area contributed by atoms with E-state index in [1.165, 1.54) is 0 Å². The van der Waals surface area contributed by atoms with Crippen LogP contribution in [0.25, 0.3) is 0 Å². The smallest absolute Gasteiger partial charge is 0.410 e.